The summed E-state index contributed by atoms with van der Waals surface area (Å²) < 4.78 is 16.2. The van der Waals surface area contributed by atoms with Gasteiger partial charge in [-0.25, -0.2) is 0 Å². The van der Waals surface area contributed by atoms with Gasteiger partial charge >= 0.3 is 0 Å². The number of carbonyl (C=O) groups excluding carboxylic acids is 1. The summed E-state index contributed by atoms with van der Waals surface area (Å²) in [7, 11) is 1.61. The van der Waals surface area contributed by atoms with Gasteiger partial charge in [-0.2, -0.15) is 0 Å². The number of rotatable bonds is 8. The van der Waals surface area contributed by atoms with Gasteiger partial charge in [0.1, 0.15) is 23.9 Å². The second-order valence-corrected chi connectivity index (χ2v) is 4.84. The van der Waals surface area contributed by atoms with Gasteiger partial charge < -0.3 is 19.2 Å². The van der Waals surface area contributed by atoms with Gasteiger partial charge in [0.2, 0.25) is 0 Å². The fraction of sp³-hybridized carbons (Fsp3) is 0.353. The molecule has 0 unspecified atom stereocenters. The van der Waals surface area contributed by atoms with Crippen LogP contribution in [0.25, 0.3) is 0 Å². The third-order valence-corrected chi connectivity index (χ3v) is 3.12. The third-order valence-electron chi connectivity index (χ3n) is 3.12. The van der Waals surface area contributed by atoms with Gasteiger partial charge in [-0.05, 0) is 30.7 Å². The van der Waals surface area contributed by atoms with Crippen LogP contribution in [-0.4, -0.2) is 19.6 Å². The summed E-state index contributed by atoms with van der Waals surface area (Å²) in [6.45, 7) is 2.99. The number of carbonyl (C=O) groups is 1. The van der Waals surface area contributed by atoms with Gasteiger partial charge in [0, 0.05) is 12.6 Å². The average molecular weight is 303 g/mol. The normalized spacial score (nSPS) is 10.3. The second-order valence-electron chi connectivity index (χ2n) is 4.84. The van der Waals surface area contributed by atoms with Gasteiger partial charge in [0.25, 0.3) is 5.91 Å². The van der Waals surface area contributed by atoms with Gasteiger partial charge in [0.15, 0.2) is 5.76 Å². The van der Waals surface area contributed by atoms with E-state index in [0.29, 0.717) is 23.8 Å². The number of unbranched alkanes of at least 4 members (excludes halogenated alkanes) is 1. The van der Waals surface area contributed by atoms with Crippen molar-refractivity contribution in [3.63, 3.8) is 0 Å². The standard InChI is InChI=1S/C17H21NO4/c1-3-4-10-18-17(19)16-9-8-15(22-16)12-21-14-7-5-6-13(11-14)20-2/h5-9,11H,3-4,10,12H2,1-2H3,(H,18,19). The van der Waals surface area contributed by atoms with Gasteiger partial charge in [-0.1, -0.05) is 19.4 Å². The zero-order valence-electron chi connectivity index (χ0n) is 12.9. The summed E-state index contributed by atoms with van der Waals surface area (Å²) >= 11 is 0. The molecule has 118 valence electrons. The molecule has 0 bridgehead atoms. The Morgan fingerprint density at radius 3 is 2.82 bits per heavy atom. The Bertz CT molecular complexity index is 606. The van der Waals surface area contributed by atoms with E-state index in [1.54, 1.807) is 25.3 Å². The van der Waals surface area contributed by atoms with E-state index in [1.165, 1.54) is 0 Å². The van der Waals surface area contributed by atoms with Crippen molar-refractivity contribution in [3.8, 4) is 11.5 Å². The van der Waals surface area contributed by atoms with Gasteiger partial charge in [0.05, 0.1) is 7.11 Å². The molecular formula is C17H21NO4. The topological polar surface area (TPSA) is 60.7 Å². The van der Waals surface area contributed by atoms with Crippen molar-refractivity contribution in [2.75, 3.05) is 13.7 Å². The molecule has 0 spiro atoms. The number of benzene rings is 1. The van der Waals surface area contributed by atoms with Crippen molar-refractivity contribution in [3.05, 3.63) is 47.9 Å². The highest BCUT2D eigenvalue weighted by Gasteiger charge is 2.10. The molecule has 1 heterocycles. The van der Waals surface area contributed by atoms with Crippen molar-refractivity contribution >= 4 is 5.91 Å². The summed E-state index contributed by atoms with van der Waals surface area (Å²) in [5.74, 6) is 2.13. The first-order chi connectivity index (χ1) is 10.7. The van der Waals surface area contributed by atoms with Crippen LogP contribution >= 0.6 is 0 Å². The van der Waals surface area contributed by atoms with Crippen molar-refractivity contribution < 1.29 is 18.7 Å². The van der Waals surface area contributed by atoms with Crippen LogP contribution in [0.4, 0.5) is 0 Å². The zero-order valence-corrected chi connectivity index (χ0v) is 12.9. The number of amides is 1. The van der Waals surface area contributed by atoms with Gasteiger partial charge in [-0.15, -0.1) is 0 Å². The molecule has 0 aliphatic rings. The van der Waals surface area contributed by atoms with E-state index >= 15 is 0 Å². The van der Waals surface area contributed by atoms with E-state index in [1.807, 2.05) is 18.2 Å². The SMILES string of the molecule is CCCCNC(=O)c1ccc(COc2cccc(OC)c2)o1. The molecule has 22 heavy (non-hydrogen) atoms. The van der Waals surface area contributed by atoms with E-state index in [9.17, 15) is 4.79 Å². The van der Waals surface area contributed by atoms with E-state index < -0.39 is 0 Å². The molecule has 1 aromatic carbocycles. The molecular weight excluding hydrogens is 282 g/mol. The third kappa shape index (κ3) is 4.55. The lowest BCUT2D eigenvalue weighted by atomic mass is 10.3. The molecule has 0 aliphatic carbocycles. The molecule has 1 amide bonds. The molecule has 0 fully saturated rings. The van der Waals surface area contributed by atoms with Crippen LogP contribution < -0.4 is 14.8 Å². The first-order valence-corrected chi connectivity index (χ1v) is 7.36. The Labute approximate surface area is 130 Å². The Kier molecular flexibility index (Phi) is 5.89. The van der Waals surface area contributed by atoms with Crippen LogP contribution in [0.3, 0.4) is 0 Å². The first kappa shape index (κ1) is 15.9. The largest absolute Gasteiger partial charge is 0.497 e. The highest BCUT2D eigenvalue weighted by Crippen LogP contribution is 2.20. The summed E-state index contributed by atoms with van der Waals surface area (Å²) in [5, 5.41) is 2.81. The van der Waals surface area contributed by atoms with E-state index in [0.717, 1.165) is 18.6 Å². The van der Waals surface area contributed by atoms with Crippen molar-refractivity contribution in [1.29, 1.82) is 0 Å². The quantitative estimate of drug-likeness (QED) is 0.759. The maximum Gasteiger partial charge on any atom is 0.286 e. The van der Waals surface area contributed by atoms with Crippen LogP contribution in [-0.2, 0) is 6.61 Å². The molecule has 1 N–H and O–H groups in total. The second kappa shape index (κ2) is 8.12. The lowest BCUT2D eigenvalue weighted by Crippen LogP contribution is -2.23. The van der Waals surface area contributed by atoms with E-state index in [4.69, 9.17) is 13.9 Å². The first-order valence-electron chi connectivity index (χ1n) is 7.36. The molecule has 0 saturated heterocycles. The number of ether oxygens (including phenoxy) is 2. The monoisotopic (exact) mass is 303 g/mol. The van der Waals surface area contributed by atoms with Crippen molar-refractivity contribution in [2.45, 2.75) is 26.4 Å². The summed E-state index contributed by atoms with van der Waals surface area (Å²) in [5.41, 5.74) is 0. The Morgan fingerprint density at radius 1 is 1.23 bits per heavy atom. The minimum atomic E-state index is -0.193. The molecule has 5 heteroatoms. The van der Waals surface area contributed by atoms with E-state index in [-0.39, 0.29) is 12.5 Å². The van der Waals surface area contributed by atoms with Crippen LogP contribution in [0.1, 0.15) is 36.1 Å². The number of hydrogen-bond acceptors (Lipinski definition) is 4. The fourth-order valence-electron chi connectivity index (χ4n) is 1.89. The Balaban J connectivity index is 1.87. The molecule has 2 aromatic rings. The van der Waals surface area contributed by atoms with Gasteiger partial charge in [-0.3, -0.25) is 4.79 Å². The maximum absolute atomic E-state index is 11.8. The van der Waals surface area contributed by atoms with Crippen LogP contribution in [0.2, 0.25) is 0 Å². The number of nitrogens with one attached hydrogen (secondary N) is 1. The molecule has 0 radical (unpaired) electrons. The Morgan fingerprint density at radius 2 is 2.05 bits per heavy atom. The molecule has 0 aliphatic heterocycles. The molecule has 0 saturated carbocycles. The summed E-state index contributed by atoms with van der Waals surface area (Å²) in [4.78, 5) is 11.8. The highest BCUT2D eigenvalue weighted by molar-refractivity contribution is 5.91. The number of hydrogen-bond donors (Lipinski definition) is 1. The summed E-state index contributed by atoms with van der Waals surface area (Å²) in [6.07, 6.45) is 2.00. The van der Waals surface area contributed by atoms with Crippen LogP contribution in [0.5, 0.6) is 11.5 Å². The predicted molar refractivity (Wildman–Crippen MR) is 83.3 cm³/mol. The minimum Gasteiger partial charge on any atom is -0.497 e. The highest BCUT2D eigenvalue weighted by atomic mass is 16.5. The molecule has 5 nitrogen and oxygen atoms in total. The number of furan rings is 1. The molecule has 0 atom stereocenters. The summed E-state index contributed by atoms with van der Waals surface area (Å²) in [6, 6.07) is 10.7. The number of methoxy groups -OCH3 is 1. The van der Waals surface area contributed by atoms with Crippen molar-refractivity contribution in [1.82, 2.24) is 5.32 Å². The molecule has 1 aromatic heterocycles. The molecule has 2 rings (SSSR count). The minimum absolute atomic E-state index is 0.193. The average Bonchev–Trinajstić information content (AvgIpc) is 3.02. The zero-order chi connectivity index (χ0) is 15.8. The lowest BCUT2D eigenvalue weighted by molar-refractivity contribution is 0.0921. The van der Waals surface area contributed by atoms with Crippen LogP contribution in [0, 0.1) is 0 Å². The maximum atomic E-state index is 11.8. The lowest BCUT2D eigenvalue weighted by Gasteiger charge is -2.06. The van der Waals surface area contributed by atoms with Crippen LogP contribution in [0.15, 0.2) is 40.8 Å². The predicted octanol–water partition coefficient (Wildman–Crippen LogP) is 3.40. The Hall–Kier alpha value is -2.43. The fourth-order valence-corrected chi connectivity index (χ4v) is 1.89. The van der Waals surface area contributed by atoms with E-state index in [2.05, 4.69) is 12.2 Å². The van der Waals surface area contributed by atoms with Crippen molar-refractivity contribution in [2.24, 2.45) is 0 Å². The smallest absolute Gasteiger partial charge is 0.286 e.